The van der Waals surface area contributed by atoms with E-state index in [-0.39, 0.29) is 0 Å². The summed E-state index contributed by atoms with van der Waals surface area (Å²) in [5, 5.41) is 0. The Kier molecular flexibility index (Phi) is 2.90. The molecule has 0 spiro atoms. The molecule has 1 heterocycles. The molecule has 2 rings (SSSR count). The van der Waals surface area contributed by atoms with Crippen LogP contribution in [0.15, 0.2) is 25.3 Å². The van der Waals surface area contributed by atoms with Crippen molar-refractivity contribution in [3.8, 4) is 5.69 Å². The first-order valence-electron chi connectivity index (χ1n) is 4.70. The Hall–Kier alpha value is -2.18. The van der Waals surface area contributed by atoms with Crippen molar-refractivity contribution >= 4 is 6.20 Å². The van der Waals surface area contributed by atoms with Crippen molar-refractivity contribution in [1.82, 2.24) is 4.57 Å². The smallest absolute Gasteiger partial charge is 0.209 e. The predicted molar refractivity (Wildman–Crippen MR) is 52.1 cm³/mol. The lowest BCUT2D eigenvalue weighted by molar-refractivity contribution is -0.566. The Bertz CT molecular complexity index is 604. The molecule has 7 heteroatoms. The molecular formula is C11H6F5N2+. The van der Waals surface area contributed by atoms with Gasteiger partial charge in [0.2, 0.25) is 34.8 Å². The van der Waals surface area contributed by atoms with E-state index in [1.807, 2.05) is 0 Å². The van der Waals surface area contributed by atoms with E-state index in [0.717, 1.165) is 17.1 Å². The minimum atomic E-state index is -2.18. The van der Waals surface area contributed by atoms with Crippen molar-refractivity contribution in [2.75, 3.05) is 0 Å². The lowest BCUT2D eigenvalue weighted by atomic mass is 10.2. The Balaban J connectivity index is 2.75. The molecule has 2 aromatic rings. The van der Waals surface area contributed by atoms with Crippen LogP contribution in [0.5, 0.6) is 0 Å². The second-order valence-corrected chi connectivity index (χ2v) is 3.37. The first kappa shape index (κ1) is 12.3. The van der Waals surface area contributed by atoms with E-state index in [4.69, 9.17) is 0 Å². The summed E-state index contributed by atoms with van der Waals surface area (Å²) < 4.78 is 67.7. The van der Waals surface area contributed by atoms with Gasteiger partial charge >= 0.3 is 0 Å². The number of benzene rings is 1. The van der Waals surface area contributed by atoms with E-state index >= 15 is 0 Å². The molecule has 0 atom stereocenters. The summed E-state index contributed by atoms with van der Waals surface area (Å²) in [6, 6.07) is 0. The molecule has 0 aliphatic rings. The summed E-state index contributed by atoms with van der Waals surface area (Å²) in [7, 11) is 0. The van der Waals surface area contributed by atoms with Crippen molar-refractivity contribution in [3.63, 3.8) is 0 Å². The third-order valence-corrected chi connectivity index (χ3v) is 2.31. The van der Waals surface area contributed by atoms with Crippen LogP contribution < -0.4 is 4.57 Å². The molecule has 0 amide bonds. The van der Waals surface area contributed by atoms with Gasteiger partial charge in [-0.15, -0.1) is 0 Å². The second kappa shape index (κ2) is 4.25. The predicted octanol–water partition coefficient (Wildman–Crippen LogP) is 2.56. The van der Waals surface area contributed by atoms with Gasteiger partial charge < -0.3 is 0 Å². The average Bonchev–Trinajstić information content (AvgIpc) is 2.83. The monoisotopic (exact) mass is 261 g/mol. The summed E-state index contributed by atoms with van der Waals surface area (Å²) in [4.78, 5) is 0. The van der Waals surface area contributed by atoms with E-state index in [1.54, 1.807) is 0 Å². The first-order chi connectivity index (χ1) is 8.47. The molecule has 1 aromatic carbocycles. The maximum atomic E-state index is 13.4. The minimum Gasteiger partial charge on any atom is -0.209 e. The van der Waals surface area contributed by atoms with Crippen LogP contribution in [-0.4, -0.2) is 4.57 Å². The Morgan fingerprint density at radius 2 is 1.44 bits per heavy atom. The highest BCUT2D eigenvalue weighted by molar-refractivity contribution is 5.37. The summed E-state index contributed by atoms with van der Waals surface area (Å²) >= 11 is 0. The fraction of sp³-hybridized carbons (Fsp3) is 0. The topological polar surface area (TPSA) is 8.81 Å². The minimum absolute atomic E-state index is 0.776. The summed E-state index contributed by atoms with van der Waals surface area (Å²) in [5.41, 5.74) is -1.04. The van der Waals surface area contributed by atoms with Crippen molar-refractivity contribution < 1.29 is 26.5 Å². The van der Waals surface area contributed by atoms with Crippen molar-refractivity contribution in [2.24, 2.45) is 0 Å². The molecular weight excluding hydrogens is 255 g/mol. The molecule has 1 aromatic heterocycles. The molecule has 0 N–H and O–H groups in total. The zero-order valence-electron chi connectivity index (χ0n) is 8.80. The van der Waals surface area contributed by atoms with Gasteiger partial charge in [-0.05, 0) is 0 Å². The normalized spacial score (nSPS) is 10.7. The number of nitrogens with zero attached hydrogens (tertiary/aromatic N) is 2. The lowest BCUT2D eigenvalue weighted by Gasteiger charge is -2.03. The zero-order chi connectivity index (χ0) is 13.4. The third-order valence-electron chi connectivity index (χ3n) is 2.31. The summed E-state index contributed by atoms with van der Waals surface area (Å²) in [5.74, 6) is -9.93. The Morgan fingerprint density at radius 3 is 1.89 bits per heavy atom. The van der Waals surface area contributed by atoms with Gasteiger partial charge in [0, 0.05) is 0 Å². The molecule has 0 radical (unpaired) electrons. The highest BCUT2D eigenvalue weighted by atomic mass is 19.2. The summed E-state index contributed by atoms with van der Waals surface area (Å²) in [6.07, 6.45) is 4.89. The SMILES string of the molecule is C=C[n+]1ccn(-c2c(F)c(F)c(F)c(F)c2F)c1. The van der Waals surface area contributed by atoms with Gasteiger partial charge in [-0.2, -0.15) is 13.3 Å². The van der Waals surface area contributed by atoms with Crippen LogP contribution in [0.4, 0.5) is 22.0 Å². The van der Waals surface area contributed by atoms with E-state index in [0.29, 0.717) is 0 Å². The molecule has 0 aliphatic heterocycles. The molecule has 94 valence electrons. The van der Waals surface area contributed by atoms with Crippen LogP contribution in [0.25, 0.3) is 11.9 Å². The number of imidazole rings is 1. The molecule has 0 aliphatic carbocycles. The van der Waals surface area contributed by atoms with Gasteiger partial charge in [0.1, 0.15) is 12.4 Å². The lowest BCUT2D eigenvalue weighted by Crippen LogP contribution is -2.21. The average molecular weight is 261 g/mol. The van der Waals surface area contributed by atoms with Crippen molar-refractivity contribution in [2.45, 2.75) is 0 Å². The third kappa shape index (κ3) is 1.68. The van der Waals surface area contributed by atoms with Gasteiger partial charge in [0.25, 0.3) is 6.33 Å². The zero-order valence-corrected chi connectivity index (χ0v) is 8.80. The number of hydrogen-bond donors (Lipinski definition) is 0. The van der Waals surface area contributed by atoms with Crippen LogP contribution in [-0.2, 0) is 0 Å². The largest absolute Gasteiger partial charge is 0.253 e. The van der Waals surface area contributed by atoms with E-state index < -0.39 is 34.8 Å². The van der Waals surface area contributed by atoms with Crippen LogP contribution in [0, 0.1) is 29.1 Å². The number of aromatic nitrogens is 2. The first-order valence-corrected chi connectivity index (χ1v) is 4.70. The van der Waals surface area contributed by atoms with Gasteiger partial charge in [-0.25, -0.2) is 17.7 Å². The van der Waals surface area contributed by atoms with E-state index in [9.17, 15) is 22.0 Å². The molecule has 2 nitrogen and oxygen atoms in total. The fourth-order valence-electron chi connectivity index (χ4n) is 1.43. The van der Waals surface area contributed by atoms with Gasteiger partial charge in [-0.1, -0.05) is 6.58 Å². The van der Waals surface area contributed by atoms with E-state index in [2.05, 4.69) is 6.58 Å². The van der Waals surface area contributed by atoms with Crippen molar-refractivity contribution in [3.05, 3.63) is 54.4 Å². The summed E-state index contributed by atoms with van der Waals surface area (Å²) in [6.45, 7) is 3.39. The van der Waals surface area contributed by atoms with E-state index in [1.165, 1.54) is 17.0 Å². The standard InChI is InChI=1S/C11H6F5N2/c1-2-17-3-4-18(5-17)11-9(15)7(13)6(12)8(14)10(11)16/h2-5H,1H2/q+1. The molecule has 0 saturated heterocycles. The van der Waals surface area contributed by atoms with Crippen LogP contribution >= 0.6 is 0 Å². The molecule has 0 fully saturated rings. The Morgan fingerprint density at radius 1 is 0.944 bits per heavy atom. The quantitative estimate of drug-likeness (QED) is 0.340. The molecule has 0 bridgehead atoms. The molecule has 0 saturated carbocycles. The van der Waals surface area contributed by atoms with Crippen LogP contribution in [0.2, 0.25) is 0 Å². The van der Waals surface area contributed by atoms with Crippen LogP contribution in [0.3, 0.4) is 0 Å². The molecule has 0 unspecified atom stereocenters. The molecule has 18 heavy (non-hydrogen) atoms. The maximum Gasteiger partial charge on any atom is 0.253 e. The number of halogens is 5. The van der Waals surface area contributed by atoms with Gasteiger partial charge in [0.05, 0.1) is 6.20 Å². The Labute approximate surface area is 98.2 Å². The van der Waals surface area contributed by atoms with Gasteiger partial charge in [0.15, 0.2) is 0 Å². The van der Waals surface area contributed by atoms with Gasteiger partial charge in [-0.3, -0.25) is 0 Å². The number of hydrogen-bond acceptors (Lipinski definition) is 0. The fourth-order valence-corrected chi connectivity index (χ4v) is 1.43. The van der Waals surface area contributed by atoms with Crippen molar-refractivity contribution in [1.29, 1.82) is 0 Å². The second-order valence-electron chi connectivity index (χ2n) is 3.37. The highest BCUT2D eigenvalue weighted by Crippen LogP contribution is 2.25. The highest BCUT2D eigenvalue weighted by Gasteiger charge is 2.29. The van der Waals surface area contributed by atoms with Crippen LogP contribution in [0.1, 0.15) is 0 Å². The number of rotatable bonds is 2. The maximum absolute atomic E-state index is 13.4.